The maximum atomic E-state index is 13.7. The van der Waals surface area contributed by atoms with Gasteiger partial charge in [0.1, 0.15) is 11.9 Å². The summed E-state index contributed by atoms with van der Waals surface area (Å²) in [5, 5.41) is 0. The van der Waals surface area contributed by atoms with Crippen LogP contribution in [0.25, 0.3) is 0 Å². The van der Waals surface area contributed by atoms with Crippen molar-refractivity contribution in [2.75, 3.05) is 0 Å². The van der Waals surface area contributed by atoms with Gasteiger partial charge in [-0.05, 0) is 79.4 Å². The summed E-state index contributed by atoms with van der Waals surface area (Å²) in [7, 11) is 0. The van der Waals surface area contributed by atoms with Gasteiger partial charge in [0, 0.05) is 23.2 Å². The monoisotopic (exact) mass is 468 g/mol. The van der Waals surface area contributed by atoms with E-state index in [4.69, 9.17) is 9.47 Å². The second-order valence-corrected chi connectivity index (χ2v) is 15.8. The molecule has 0 aromatic heterocycles. The van der Waals surface area contributed by atoms with Crippen LogP contribution in [-0.4, -0.2) is 29.6 Å². The first-order chi connectivity index (χ1) is 15.7. The van der Waals surface area contributed by atoms with Gasteiger partial charge in [0.05, 0.1) is 11.5 Å². The van der Waals surface area contributed by atoms with E-state index in [2.05, 4.69) is 48.5 Å². The third-order valence-electron chi connectivity index (χ3n) is 14.0. The van der Waals surface area contributed by atoms with Crippen molar-refractivity contribution < 1.29 is 19.1 Å². The summed E-state index contributed by atoms with van der Waals surface area (Å²) in [5.74, 6) is 1.65. The third-order valence-corrected chi connectivity index (χ3v) is 14.0. The Hall–Kier alpha value is -0.900. The fourth-order valence-corrected chi connectivity index (χ4v) is 12.0. The number of rotatable bonds is 0. The minimum absolute atomic E-state index is 0.0388. The van der Waals surface area contributed by atoms with Crippen LogP contribution in [0.3, 0.4) is 0 Å². The number of ketones is 1. The van der Waals surface area contributed by atoms with E-state index in [0.717, 1.165) is 51.4 Å². The molecule has 34 heavy (non-hydrogen) atoms. The van der Waals surface area contributed by atoms with Gasteiger partial charge in [0.2, 0.25) is 0 Å². The molecule has 4 nitrogen and oxygen atoms in total. The SMILES string of the molecule is CC1(C)CC[C@]23CC[C@@]4(C)[C@](OC2=O)([C@@H]2O[C@@H]2[C@H]2[C@@]5(C)CCC(=O)C(C)(C)[C@H]5CC[C@]24C)[C@H]3C1. The second-order valence-electron chi connectivity index (χ2n) is 15.8. The highest BCUT2D eigenvalue weighted by Crippen LogP contribution is 2.83. The minimum Gasteiger partial charge on any atom is -0.455 e. The third kappa shape index (κ3) is 2.05. The summed E-state index contributed by atoms with van der Waals surface area (Å²) in [5.41, 5.74) is -0.720. The highest BCUT2D eigenvalue weighted by atomic mass is 16.6. The fourth-order valence-electron chi connectivity index (χ4n) is 12.0. The molecule has 0 aromatic carbocycles. The predicted octanol–water partition coefficient (Wildman–Crippen LogP) is 6.10. The molecule has 0 N–H and O–H groups in total. The molecule has 0 aromatic rings. The van der Waals surface area contributed by atoms with Crippen LogP contribution in [0.1, 0.15) is 106 Å². The Balaban J connectivity index is 1.39. The topological polar surface area (TPSA) is 55.9 Å². The predicted molar refractivity (Wildman–Crippen MR) is 129 cm³/mol. The van der Waals surface area contributed by atoms with Crippen LogP contribution in [0.2, 0.25) is 0 Å². The maximum Gasteiger partial charge on any atom is 0.313 e. The number of hydrogen-bond donors (Lipinski definition) is 0. The molecule has 10 atom stereocenters. The van der Waals surface area contributed by atoms with E-state index in [1.54, 1.807) is 0 Å². The first kappa shape index (κ1) is 22.3. The second kappa shape index (κ2) is 5.81. The Morgan fingerprint density at radius 3 is 2.26 bits per heavy atom. The molecule has 188 valence electrons. The van der Waals surface area contributed by atoms with Crippen LogP contribution in [0.15, 0.2) is 0 Å². The fraction of sp³-hybridized carbons (Fsp3) is 0.933. The Morgan fingerprint density at radius 2 is 1.53 bits per heavy atom. The summed E-state index contributed by atoms with van der Waals surface area (Å²) in [6, 6.07) is 0. The van der Waals surface area contributed by atoms with E-state index >= 15 is 0 Å². The smallest absolute Gasteiger partial charge is 0.313 e. The van der Waals surface area contributed by atoms with Gasteiger partial charge in [0.15, 0.2) is 5.60 Å². The molecular formula is C30H44O4. The van der Waals surface area contributed by atoms with Crippen LogP contribution in [0, 0.1) is 50.2 Å². The number of Topliss-reactive ketones (excluding diaryl/α,β-unsaturated/α-hetero) is 1. The van der Waals surface area contributed by atoms with Gasteiger partial charge in [-0.15, -0.1) is 0 Å². The van der Waals surface area contributed by atoms with Crippen molar-refractivity contribution in [3.63, 3.8) is 0 Å². The number of carbonyl (C=O) groups is 2. The number of carbonyl (C=O) groups excluding carboxylic acids is 2. The largest absolute Gasteiger partial charge is 0.455 e. The van der Waals surface area contributed by atoms with Gasteiger partial charge in [-0.1, -0.05) is 48.5 Å². The molecule has 1 spiro atoms. The van der Waals surface area contributed by atoms with E-state index < -0.39 is 5.60 Å². The van der Waals surface area contributed by atoms with E-state index in [9.17, 15) is 9.59 Å². The number of ether oxygens (including phenoxy) is 2. The standard InChI is InChI=1S/C30H44O4/c1-24(2)12-14-29-15-13-28(7)27(6)11-8-17-25(3,4)19(31)9-10-26(17,5)21(27)20-22(33-20)30(28,18(29)16-24)34-23(29)32/h17-18,20-22H,8-16H2,1-7H3/t17-,18+,20-,21+,22-,26+,27-,28-,29-,30-/m1/s1. The van der Waals surface area contributed by atoms with Crippen LogP contribution < -0.4 is 0 Å². The first-order valence-electron chi connectivity index (χ1n) is 14.1. The maximum absolute atomic E-state index is 13.7. The van der Waals surface area contributed by atoms with Crippen molar-refractivity contribution in [2.45, 2.75) is 124 Å². The van der Waals surface area contributed by atoms with E-state index in [1.807, 2.05) is 0 Å². The van der Waals surface area contributed by atoms with Crippen molar-refractivity contribution in [1.82, 2.24) is 0 Å². The molecule has 7 rings (SSSR count). The normalized spacial score (nSPS) is 60.1. The number of esters is 1. The van der Waals surface area contributed by atoms with Gasteiger partial charge in [-0.25, -0.2) is 0 Å². The molecule has 7 fully saturated rings. The zero-order chi connectivity index (χ0) is 24.3. The Kier molecular flexibility index (Phi) is 3.81. The summed E-state index contributed by atoms with van der Waals surface area (Å²) >= 11 is 0. The number of epoxide rings is 1. The Labute approximate surface area is 205 Å². The summed E-state index contributed by atoms with van der Waals surface area (Å²) in [4.78, 5) is 26.7. The highest BCUT2D eigenvalue weighted by molar-refractivity contribution is 5.85. The van der Waals surface area contributed by atoms with Crippen molar-refractivity contribution >= 4 is 11.8 Å². The molecule has 4 heteroatoms. The highest BCUT2D eigenvalue weighted by Gasteiger charge is 2.89. The lowest BCUT2D eigenvalue weighted by Crippen LogP contribution is -2.74. The van der Waals surface area contributed by atoms with Crippen molar-refractivity contribution in [3.8, 4) is 0 Å². The molecule has 5 aliphatic carbocycles. The van der Waals surface area contributed by atoms with Gasteiger partial charge in [-0.3, -0.25) is 9.59 Å². The van der Waals surface area contributed by atoms with Crippen molar-refractivity contribution in [1.29, 1.82) is 0 Å². The molecule has 5 saturated carbocycles. The number of fused-ring (bicyclic) bond motifs is 6. The summed E-state index contributed by atoms with van der Waals surface area (Å²) < 4.78 is 13.6. The zero-order valence-corrected chi connectivity index (χ0v) is 22.4. The lowest BCUT2D eigenvalue weighted by Gasteiger charge is -2.72. The molecule has 2 bridgehead atoms. The summed E-state index contributed by atoms with van der Waals surface area (Å²) in [6.45, 7) is 16.7. The molecular weight excluding hydrogens is 424 g/mol. The lowest BCUT2D eigenvalue weighted by molar-refractivity contribution is -0.266. The van der Waals surface area contributed by atoms with Crippen LogP contribution in [-0.2, 0) is 19.1 Å². The van der Waals surface area contributed by atoms with Crippen molar-refractivity contribution in [2.24, 2.45) is 50.2 Å². The van der Waals surface area contributed by atoms with E-state index in [-0.39, 0.29) is 56.6 Å². The zero-order valence-electron chi connectivity index (χ0n) is 22.4. The first-order valence-corrected chi connectivity index (χ1v) is 14.1. The van der Waals surface area contributed by atoms with Gasteiger partial charge in [0.25, 0.3) is 0 Å². The number of hydrogen-bond acceptors (Lipinski definition) is 4. The van der Waals surface area contributed by atoms with Crippen LogP contribution >= 0.6 is 0 Å². The van der Waals surface area contributed by atoms with Crippen molar-refractivity contribution in [3.05, 3.63) is 0 Å². The Morgan fingerprint density at radius 1 is 0.824 bits per heavy atom. The molecule has 0 unspecified atom stereocenters. The average molecular weight is 469 g/mol. The van der Waals surface area contributed by atoms with E-state index in [1.165, 1.54) is 0 Å². The van der Waals surface area contributed by atoms with Crippen LogP contribution in [0.5, 0.6) is 0 Å². The van der Waals surface area contributed by atoms with Gasteiger partial charge in [-0.2, -0.15) is 0 Å². The lowest BCUT2D eigenvalue weighted by atomic mass is 9.31. The van der Waals surface area contributed by atoms with E-state index in [0.29, 0.717) is 24.0 Å². The molecule has 0 amide bonds. The van der Waals surface area contributed by atoms with Crippen LogP contribution in [0.4, 0.5) is 0 Å². The Bertz CT molecular complexity index is 1010. The van der Waals surface area contributed by atoms with Gasteiger partial charge >= 0.3 is 5.97 Å². The molecule has 2 heterocycles. The average Bonchev–Trinajstić information content (AvgIpc) is 3.49. The molecule has 2 saturated heterocycles. The quantitative estimate of drug-likeness (QED) is 0.318. The minimum atomic E-state index is -0.473. The van der Waals surface area contributed by atoms with Gasteiger partial charge < -0.3 is 9.47 Å². The molecule has 7 aliphatic rings. The summed E-state index contributed by atoms with van der Waals surface area (Å²) in [6.07, 6.45) is 9.31. The molecule has 0 radical (unpaired) electrons. The molecule has 2 aliphatic heterocycles.